The number of hydrogen-bond acceptors (Lipinski definition) is 1. The molecule has 2 nitrogen and oxygen atoms in total. The second kappa shape index (κ2) is 6.47. The Hall–Kier alpha value is -3.56. The van der Waals surface area contributed by atoms with Gasteiger partial charge in [0.2, 0.25) is 0 Å². The van der Waals surface area contributed by atoms with E-state index in [1.807, 2.05) is 0 Å². The van der Waals surface area contributed by atoms with Crippen LogP contribution in [-0.4, -0.2) is 9.38 Å². The zero-order valence-electron chi connectivity index (χ0n) is 17.8. The van der Waals surface area contributed by atoms with Crippen LogP contribution in [0.1, 0.15) is 11.3 Å². The Morgan fingerprint density at radius 1 is 0.719 bits per heavy atom. The van der Waals surface area contributed by atoms with Crippen LogP contribution in [0.2, 0.25) is 0 Å². The summed E-state index contributed by atoms with van der Waals surface area (Å²) in [6, 6.07) is 35.7. The molecule has 154 valence electrons. The third-order valence-electron chi connectivity index (χ3n) is 6.88. The van der Waals surface area contributed by atoms with E-state index in [0.29, 0.717) is 0 Å². The Balaban J connectivity index is 1.75. The lowest BCUT2D eigenvalue weighted by molar-refractivity contribution is 1.07. The van der Waals surface area contributed by atoms with Crippen LogP contribution in [-0.2, 0) is 5.75 Å². The third-order valence-corrected chi connectivity index (χ3v) is 10.8. The van der Waals surface area contributed by atoms with Crippen LogP contribution in [0.4, 0.5) is 0 Å². The first kappa shape index (κ1) is 18.1. The van der Waals surface area contributed by atoms with E-state index in [1.165, 1.54) is 47.6 Å². The van der Waals surface area contributed by atoms with Crippen molar-refractivity contribution in [3.63, 3.8) is 0 Å². The van der Waals surface area contributed by atoms with Gasteiger partial charge in [0.15, 0.2) is 0 Å². The highest BCUT2D eigenvalue weighted by Gasteiger charge is 2.38. The number of rotatable bonds is 2. The van der Waals surface area contributed by atoms with Gasteiger partial charge in [-0.2, -0.15) is 10.0 Å². The van der Waals surface area contributed by atoms with Gasteiger partial charge in [-0.25, -0.2) is 4.98 Å². The molecule has 0 unspecified atom stereocenters. The molecule has 3 heteroatoms. The van der Waals surface area contributed by atoms with Crippen LogP contribution in [0.5, 0.6) is 0 Å². The molecule has 0 N–H and O–H groups in total. The van der Waals surface area contributed by atoms with Crippen LogP contribution in [0.3, 0.4) is 0 Å². The van der Waals surface area contributed by atoms with E-state index in [1.54, 1.807) is 0 Å². The molecule has 0 radical (unpaired) electrons. The molecular formula is C29H22N2S. The lowest BCUT2D eigenvalue weighted by Crippen LogP contribution is -2.15. The highest BCUT2D eigenvalue weighted by Crippen LogP contribution is 2.72. The molecule has 32 heavy (non-hydrogen) atoms. The quantitative estimate of drug-likeness (QED) is 0.257. The zero-order valence-corrected chi connectivity index (χ0v) is 18.6. The van der Waals surface area contributed by atoms with Crippen molar-refractivity contribution in [2.45, 2.75) is 27.4 Å². The summed E-state index contributed by atoms with van der Waals surface area (Å²) in [7, 11) is -1.48. The normalized spacial score (nSPS) is 15.5. The van der Waals surface area contributed by atoms with Crippen molar-refractivity contribution >= 4 is 37.4 Å². The molecule has 1 aliphatic rings. The molecule has 0 saturated heterocycles. The van der Waals surface area contributed by atoms with Gasteiger partial charge in [0.05, 0.1) is 17.4 Å². The summed E-state index contributed by atoms with van der Waals surface area (Å²) >= 11 is 0. The van der Waals surface area contributed by atoms with Crippen molar-refractivity contribution in [1.82, 2.24) is 9.38 Å². The molecule has 0 fully saturated rings. The molecule has 0 spiro atoms. The average Bonchev–Trinajstić information content (AvgIpc) is 3.29. The second-order valence-corrected chi connectivity index (χ2v) is 11.7. The summed E-state index contributed by atoms with van der Waals surface area (Å²) in [6.07, 6.45) is 2.11. The molecule has 4 aromatic carbocycles. The zero-order chi connectivity index (χ0) is 21.3. The Morgan fingerprint density at radius 2 is 1.34 bits per heavy atom. The second-order valence-electron chi connectivity index (χ2n) is 8.57. The summed E-state index contributed by atoms with van der Waals surface area (Å²) in [5.41, 5.74) is 5.03. The largest absolute Gasteiger partial charge is 0.294 e. The Kier molecular flexibility index (Phi) is 3.65. The summed E-state index contributed by atoms with van der Waals surface area (Å²) < 4.78 is 2.44. The summed E-state index contributed by atoms with van der Waals surface area (Å²) in [4.78, 5) is 9.22. The summed E-state index contributed by atoms with van der Waals surface area (Å²) in [5, 5.41) is 3.88. The van der Waals surface area contributed by atoms with Crippen molar-refractivity contribution in [2.24, 2.45) is 0 Å². The van der Waals surface area contributed by atoms with Crippen molar-refractivity contribution in [2.75, 3.05) is 0 Å². The Labute approximate surface area is 188 Å². The van der Waals surface area contributed by atoms with E-state index in [0.717, 1.165) is 11.4 Å². The van der Waals surface area contributed by atoms with Crippen LogP contribution in [0.15, 0.2) is 118 Å². The highest BCUT2D eigenvalue weighted by molar-refractivity contribution is 8.33. The Morgan fingerprint density at radius 3 is 2.03 bits per heavy atom. The van der Waals surface area contributed by atoms with Crippen LogP contribution in [0.25, 0.3) is 27.3 Å². The van der Waals surface area contributed by atoms with Crippen molar-refractivity contribution in [3.05, 3.63) is 115 Å². The SMILES string of the molecule is Cc1ccc2c3c1c1ccccc1c1ncc(n13)CS2(c1ccccc1)c1ccccc1. The van der Waals surface area contributed by atoms with Crippen molar-refractivity contribution < 1.29 is 0 Å². The van der Waals surface area contributed by atoms with Gasteiger partial charge in [0.25, 0.3) is 0 Å². The minimum atomic E-state index is -1.48. The fourth-order valence-corrected chi connectivity index (χ4v) is 9.49. The lowest BCUT2D eigenvalue weighted by Gasteiger charge is -2.44. The van der Waals surface area contributed by atoms with Gasteiger partial charge in [-0.3, -0.25) is 4.40 Å². The van der Waals surface area contributed by atoms with Crippen molar-refractivity contribution in [3.8, 4) is 0 Å². The number of aromatic nitrogens is 2. The molecule has 6 aromatic rings. The maximum absolute atomic E-state index is 4.96. The standard InChI is InChI=1S/C29H22N2S/c1-20-16-17-26-28-27(20)24-14-8-9-15-25(24)29-30-18-21(31(28)29)19-32(26,22-10-4-2-5-11-22)23-12-6-3-7-13-23/h2-18H,19H2,1H3. The third kappa shape index (κ3) is 2.19. The molecule has 0 amide bonds. The monoisotopic (exact) mass is 430 g/mol. The van der Waals surface area contributed by atoms with E-state index in [4.69, 9.17) is 4.98 Å². The molecule has 0 atom stereocenters. The topological polar surface area (TPSA) is 17.3 Å². The number of pyridine rings is 1. The molecule has 0 aliphatic carbocycles. The van der Waals surface area contributed by atoms with Crippen molar-refractivity contribution in [1.29, 1.82) is 0 Å². The minimum absolute atomic E-state index is 0.964. The molecule has 1 aliphatic heterocycles. The van der Waals surface area contributed by atoms with Gasteiger partial charge in [0, 0.05) is 21.4 Å². The van der Waals surface area contributed by atoms with E-state index in [-0.39, 0.29) is 0 Å². The predicted molar refractivity (Wildman–Crippen MR) is 134 cm³/mol. The first-order valence-corrected chi connectivity index (χ1v) is 12.8. The molecular weight excluding hydrogens is 408 g/mol. The van der Waals surface area contributed by atoms with E-state index < -0.39 is 10.0 Å². The number of aryl methyl sites for hydroxylation is 1. The van der Waals surface area contributed by atoms with Crippen LogP contribution < -0.4 is 0 Å². The maximum Gasteiger partial charge on any atom is 0.145 e. The van der Waals surface area contributed by atoms with Crippen LogP contribution in [0, 0.1) is 6.92 Å². The summed E-state index contributed by atoms with van der Waals surface area (Å²) in [6.45, 7) is 2.24. The molecule has 3 heterocycles. The first-order chi connectivity index (χ1) is 15.8. The predicted octanol–water partition coefficient (Wildman–Crippen LogP) is 7.74. The fraction of sp³-hybridized carbons (Fsp3) is 0.0690. The molecule has 0 saturated carbocycles. The van der Waals surface area contributed by atoms with Crippen LogP contribution >= 0.6 is 10.0 Å². The first-order valence-electron chi connectivity index (χ1n) is 11.0. The maximum atomic E-state index is 4.96. The van der Waals surface area contributed by atoms with Gasteiger partial charge >= 0.3 is 0 Å². The van der Waals surface area contributed by atoms with Gasteiger partial charge in [0.1, 0.15) is 5.65 Å². The number of fused-ring (bicyclic) bond motifs is 3. The van der Waals surface area contributed by atoms with E-state index in [2.05, 4.69) is 115 Å². The molecule has 0 bridgehead atoms. The van der Waals surface area contributed by atoms with E-state index >= 15 is 0 Å². The van der Waals surface area contributed by atoms with E-state index in [9.17, 15) is 0 Å². The number of hydrogen-bond donors (Lipinski definition) is 0. The Bertz CT molecular complexity index is 1610. The smallest absolute Gasteiger partial charge is 0.145 e. The average molecular weight is 431 g/mol. The minimum Gasteiger partial charge on any atom is -0.294 e. The lowest BCUT2D eigenvalue weighted by atomic mass is 10.0. The highest BCUT2D eigenvalue weighted by atomic mass is 32.3. The van der Waals surface area contributed by atoms with Gasteiger partial charge < -0.3 is 0 Å². The molecule has 2 aromatic heterocycles. The van der Waals surface area contributed by atoms with Gasteiger partial charge in [-0.1, -0.05) is 66.7 Å². The fourth-order valence-electron chi connectivity index (χ4n) is 5.50. The van der Waals surface area contributed by atoms with Gasteiger partial charge in [-0.05, 0) is 58.0 Å². The number of benzene rings is 4. The van der Waals surface area contributed by atoms with Gasteiger partial charge in [-0.15, -0.1) is 0 Å². The summed E-state index contributed by atoms with van der Waals surface area (Å²) in [5.74, 6) is 0.964. The number of nitrogens with zero attached hydrogens (tertiary/aromatic N) is 2. The number of imidazole rings is 1. The molecule has 7 rings (SSSR count).